The molecule has 1 aliphatic rings. The van der Waals surface area contributed by atoms with E-state index in [4.69, 9.17) is 4.42 Å². The monoisotopic (exact) mass is 425 g/mol. The van der Waals surface area contributed by atoms with E-state index < -0.39 is 12.8 Å². The quantitative estimate of drug-likeness (QED) is 0.599. The van der Waals surface area contributed by atoms with Gasteiger partial charge in [0.1, 0.15) is 5.52 Å². The third kappa shape index (κ3) is 4.87. The maximum absolute atomic E-state index is 12.3. The Balaban J connectivity index is 1.27. The molecule has 1 amide bonds. The van der Waals surface area contributed by atoms with Crippen LogP contribution in [-0.2, 0) is 4.79 Å². The molecule has 10 heteroatoms. The Morgan fingerprint density at radius 1 is 1.41 bits per heavy atom. The van der Waals surface area contributed by atoms with Gasteiger partial charge in [0.05, 0.1) is 10.9 Å². The van der Waals surface area contributed by atoms with Crippen molar-refractivity contribution in [3.05, 3.63) is 41.2 Å². The van der Waals surface area contributed by atoms with E-state index in [1.54, 1.807) is 6.92 Å². The molecule has 1 aliphatic carbocycles. The summed E-state index contributed by atoms with van der Waals surface area (Å²) >= 11 is 0.985. The Morgan fingerprint density at radius 3 is 2.97 bits per heavy atom. The first-order chi connectivity index (χ1) is 13.8. The van der Waals surface area contributed by atoms with E-state index in [-0.39, 0.29) is 29.0 Å². The molecule has 4 rings (SSSR count). The summed E-state index contributed by atoms with van der Waals surface area (Å²) in [6.07, 6.45) is -1.82. The molecule has 1 aromatic carbocycles. The van der Waals surface area contributed by atoms with Gasteiger partial charge in [0, 0.05) is 18.5 Å². The van der Waals surface area contributed by atoms with Crippen LogP contribution in [0.5, 0.6) is 5.19 Å². The number of nitrogens with one attached hydrogen (secondary N) is 1. The van der Waals surface area contributed by atoms with E-state index in [1.165, 1.54) is 6.20 Å². The fraction of sp³-hybridized carbons (Fsp3) is 0.421. The third-order valence-electron chi connectivity index (χ3n) is 4.66. The van der Waals surface area contributed by atoms with Crippen LogP contribution >= 0.6 is 11.3 Å². The van der Waals surface area contributed by atoms with Gasteiger partial charge in [0.15, 0.2) is 18.1 Å². The zero-order chi connectivity index (χ0) is 20.6. The number of para-hydroxylation sites is 2. The zero-order valence-corrected chi connectivity index (χ0v) is 16.2. The second kappa shape index (κ2) is 7.66. The van der Waals surface area contributed by atoms with Crippen LogP contribution in [0, 0.1) is 5.92 Å². The van der Waals surface area contributed by atoms with Gasteiger partial charge in [-0.25, -0.2) is 9.97 Å². The van der Waals surface area contributed by atoms with E-state index in [0.717, 1.165) is 28.9 Å². The number of hydrogen-bond acceptors (Lipinski definition) is 6. The van der Waals surface area contributed by atoms with E-state index in [2.05, 4.69) is 20.0 Å². The number of rotatable bonds is 7. The molecule has 0 saturated heterocycles. The lowest BCUT2D eigenvalue weighted by atomic mass is 10.2. The number of hydrogen-bond donors (Lipinski definition) is 1. The third-order valence-corrected chi connectivity index (χ3v) is 5.76. The smallest absolute Gasteiger partial charge is 0.422 e. The Morgan fingerprint density at radius 2 is 2.21 bits per heavy atom. The number of alkyl halides is 3. The van der Waals surface area contributed by atoms with Crippen molar-refractivity contribution >= 4 is 28.3 Å². The van der Waals surface area contributed by atoms with Crippen LogP contribution in [0.4, 0.5) is 13.2 Å². The highest BCUT2D eigenvalue weighted by Gasteiger charge is 2.43. The summed E-state index contributed by atoms with van der Waals surface area (Å²) in [7, 11) is 0. The maximum atomic E-state index is 12.3. The molecule has 0 radical (unpaired) electrons. The first kappa shape index (κ1) is 19.7. The summed E-state index contributed by atoms with van der Waals surface area (Å²) in [5.74, 6) is 0.829. The first-order valence-electron chi connectivity index (χ1n) is 9.08. The SMILES string of the molecule is C[C@@H](NC(=O)C[C@H]1C[C@H]1c1nc2ccccc2o1)c1cnc(OCC(F)(F)F)s1. The van der Waals surface area contributed by atoms with Crippen LogP contribution in [0.1, 0.15) is 42.5 Å². The molecule has 2 aromatic heterocycles. The summed E-state index contributed by atoms with van der Waals surface area (Å²) in [5.41, 5.74) is 1.54. The number of nitrogens with zero attached hydrogens (tertiary/aromatic N) is 2. The Bertz CT molecular complexity index is 984. The Hall–Kier alpha value is -2.62. The van der Waals surface area contributed by atoms with Crippen molar-refractivity contribution < 1.29 is 27.1 Å². The van der Waals surface area contributed by atoms with Crippen molar-refractivity contribution in [1.82, 2.24) is 15.3 Å². The lowest BCUT2D eigenvalue weighted by Gasteiger charge is -2.11. The molecular formula is C19H18F3N3O3S. The van der Waals surface area contributed by atoms with Crippen LogP contribution in [0.15, 0.2) is 34.9 Å². The number of carbonyl (C=O) groups is 1. The maximum Gasteiger partial charge on any atom is 0.422 e. The number of aromatic nitrogens is 2. The fourth-order valence-corrected chi connectivity index (χ4v) is 3.88. The molecule has 0 aliphatic heterocycles. The van der Waals surface area contributed by atoms with Gasteiger partial charge >= 0.3 is 6.18 Å². The molecular weight excluding hydrogens is 407 g/mol. The molecule has 154 valence electrons. The number of ether oxygens (including phenoxy) is 1. The summed E-state index contributed by atoms with van der Waals surface area (Å²) in [5, 5.41) is 2.78. The average molecular weight is 425 g/mol. The van der Waals surface area contributed by atoms with Crippen LogP contribution in [-0.4, -0.2) is 28.7 Å². The van der Waals surface area contributed by atoms with Gasteiger partial charge in [0.2, 0.25) is 5.91 Å². The van der Waals surface area contributed by atoms with Gasteiger partial charge in [-0.3, -0.25) is 4.79 Å². The summed E-state index contributed by atoms with van der Waals surface area (Å²) < 4.78 is 47.0. The topological polar surface area (TPSA) is 77.3 Å². The van der Waals surface area contributed by atoms with Gasteiger partial charge in [-0.05, 0) is 31.4 Å². The number of carbonyl (C=O) groups excluding carboxylic acids is 1. The molecule has 6 nitrogen and oxygen atoms in total. The summed E-state index contributed by atoms with van der Waals surface area (Å²) in [6, 6.07) is 7.15. The van der Waals surface area contributed by atoms with Gasteiger partial charge in [0.25, 0.3) is 5.19 Å². The van der Waals surface area contributed by atoms with E-state index in [1.807, 2.05) is 24.3 Å². The second-order valence-electron chi connectivity index (χ2n) is 7.05. The minimum Gasteiger partial charge on any atom is -0.460 e. The van der Waals surface area contributed by atoms with Crippen molar-refractivity contribution in [2.75, 3.05) is 6.61 Å². The van der Waals surface area contributed by atoms with Crippen molar-refractivity contribution in [2.45, 2.75) is 37.9 Å². The predicted molar refractivity (Wildman–Crippen MR) is 99.7 cm³/mol. The Labute approximate surface area is 168 Å². The van der Waals surface area contributed by atoms with Crippen molar-refractivity contribution in [2.24, 2.45) is 5.92 Å². The minimum atomic E-state index is -4.42. The van der Waals surface area contributed by atoms with Crippen molar-refractivity contribution in [3.8, 4) is 5.19 Å². The van der Waals surface area contributed by atoms with Crippen LogP contribution in [0.3, 0.4) is 0 Å². The van der Waals surface area contributed by atoms with Gasteiger partial charge in [-0.2, -0.15) is 13.2 Å². The number of fused-ring (bicyclic) bond motifs is 1. The van der Waals surface area contributed by atoms with Gasteiger partial charge in [-0.15, -0.1) is 0 Å². The number of amides is 1. The van der Waals surface area contributed by atoms with Crippen molar-refractivity contribution in [3.63, 3.8) is 0 Å². The van der Waals surface area contributed by atoms with Gasteiger partial charge in [-0.1, -0.05) is 23.5 Å². The molecule has 29 heavy (non-hydrogen) atoms. The Kier molecular flexibility index (Phi) is 5.20. The number of halogens is 3. The van der Waals surface area contributed by atoms with Crippen LogP contribution < -0.4 is 10.1 Å². The molecule has 3 aromatic rings. The fourth-order valence-electron chi connectivity index (χ4n) is 3.11. The molecule has 1 N–H and O–H groups in total. The molecule has 1 saturated carbocycles. The average Bonchev–Trinajstić information content (AvgIpc) is 3.08. The van der Waals surface area contributed by atoms with E-state index in [9.17, 15) is 18.0 Å². The largest absolute Gasteiger partial charge is 0.460 e. The van der Waals surface area contributed by atoms with E-state index in [0.29, 0.717) is 17.2 Å². The molecule has 0 spiro atoms. The van der Waals surface area contributed by atoms with Crippen LogP contribution in [0.25, 0.3) is 11.1 Å². The highest BCUT2D eigenvalue weighted by atomic mass is 32.1. The first-order valence-corrected chi connectivity index (χ1v) is 9.90. The summed E-state index contributed by atoms with van der Waals surface area (Å²) in [4.78, 5) is 21.3. The van der Waals surface area contributed by atoms with Crippen LogP contribution in [0.2, 0.25) is 0 Å². The zero-order valence-electron chi connectivity index (χ0n) is 15.4. The normalized spacial score (nSPS) is 19.9. The highest BCUT2D eigenvalue weighted by Crippen LogP contribution is 2.49. The number of thiazole rings is 1. The van der Waals surface area contributed by atoms with Crippen molar-refractivity contribution in [1.29, 1.82) is 0 Å². The lowest BCUT2D eigenvalue weighted by molar-refractivity contribution is -0.153. The second-order valence-corrected chi connectivity index (χ2v) is 8.07. The lowest BCUT2D eigenvalue weighted by Crippen LogP contribution is -2.26. The highest BCUT2D eigenvalue weighted by molar-refractivity contribution is 7.13. The number of oxazole rings is 1. The molecule has 1 fully saturated rings. The van der Waals surface area contributed by atoms with E-state index >= 15 is 0 Å². The van der Waals surface area contributed by atoms with Gasteiger partial charge < -0.3 is 14.5 Å². The predicted octanol–water partition coefficient (Wildman–Crippen LogP) is 4.60. The molecule has 2 heterocycles. The number of benzene rings is 1. The summed E-state index contributed by atoms with van der Waals surface area (Å²) in [6.45, 7) is 0.365. The standard InChI is InChI=1S/C19H18F3N3O3S/c1-10(15-8-23-18(29-15)27-9-19(20,21)22)24-16(26)7-11-6-12(11)17-25-13-4-2-3-5-14(13)28-17/h2-5,8,10-12H,6-7,9H2,1H3,(H,24,26)/t10-,11-,12-/m1/s1. The minimum absolute atomic E-state index is 0.0726. The molecule has 3 atom stereocenters. The molecule has 0 bridgehead atoms. The molecule has 0 unspecified atom stereocenters.